The summed E-state index contributed by atoms with van der Waals surface area (Å²) in [7, 11) is 1.56. The van der Waals surface area contributed by atoms with Gasteiger partial charge in [0, 0.05) is 19.4 Å². The average Bonchev–Trinajstić information content (AvgIpc) is 2.39. The first-order valence-electron chi connectivity index (χ1n) is 5.62. The topological polar surface area (TPSA) is 29.0 Å². The fourth-order valence-electron chi connectivity index (χ4n) is 1.73. The zero-order valence-corrected chi connectivity index (χ0v) is 10.2. The zero-order chi connectivity index (χ0) is 13.9. The number of halogens is 3. The Bertz CT molecular complexity index is 540. The highest BCUT2D eigenvalue weighted by atomic mass is 19.4. The smallest absolute Gasteiger partial charge is 0.353 e. The van der Waals surface area contributed by atoms with Gasteiger partial charge in [-0.2, -0.15) is 13.2 Å². The van der Waals surface area contributed by atoms with Crippen molar-refractivity contribution in [3.8, 4) is 0 Å². The molecule has 0 aliphatic carbocycles. The van der Waals surface area contributed by atoms with E-state index in [-0.39, 0.29) is 12.4 Å². The predicted molar refractivity (Wildman–Crippen MR) is 65.6 cm³/mol. The Kier molecular flexibility index (Phi) is 3.69. The van der Waals surface area contributed by atoms with Crippen LogP contribution in [-0.4, -0.2) is 17.0 Å². The van der Waals surface area contributed by atoms with Crippen LogP contribution in [0.4, 0.5) is 19.0 Å². The molecule has 19 heavy (non-hydrogen) atoms. The van der Waals surface area contributed by atoms with Gasteiger partial charge >= 0.3 is 6.18 Å². The van der Waals surface area contributed by atoms with Crippen molar-refractivity contribution in [2.24, 2.45) is 0 Å². The first-order chi connectivity index (χ1) is 8.98. The molecule has 0 aliphatic rings. The van der Waals surface area contributed by atoms with E-state index < -0.39 is 11.7 Å². The van der Waals surface area contributed by atoms with Crippen LogP contribution in [0.1, 0.15) is 11.3 Å². The lowest BCUT2D eigenvalue weighted by atomic mass is 10.2. The highest BCUT2D eigenvalue weighted by molar-refractivity contribution is 5.47. The van der Waals surface area contributed by atoms with Crippen molar-refractivity contribution >= 4 is 5.82 Å². The molecule has 0 saturated heterocycles. The molecule has 0 unspecified atom stereocenters. The minimum Gasteiger partial charge on any atom is -0.353 e. The van der Waals surface area contributed by atoms with Gasteiger partial charge in [0.05, 0.1) is 17.8 Å². The minimum absolute atomic E-state index is 0.0966. The Hall–Kier alpha value is -2.11. The molecule has 6 heteroatoms. The molecule has 2 aromatic rings. The summed E-state index contributed by atoms with van der Waals surface area (Å²) in [6.45, 7) is 0.265. The van der Waals surface area contributed by atoms with E-state index in [1.807, 2.05) is 0 Å². The quantitative estimate of drug-likeness (QED) is 0.855. The lowest BCUT2D eigenvalue weighted by Gasteiger charge is -2.21. The second kappa shape index (κ2) is 5.26. The molecule has 0 aliphatic heterocycles. The average molecular weight is 267 g/mol. The molecule has 2 rings (SSSR count). The summed E-state index contributed by atoms with van der Waals surface area (Å²) in [5.74, 6) is -0.0966. The molecule has 0 fully saturated rings. The summed E-state index contributed by atoms with van der Waals surface area (Å²) in [5, 5.41) is 0. The number of hydrogen-bond donors (Lipinski definition) is 0. The number of alkyl halides is 3. The minimum atomic E-state index is -4.41. The van der Waals surface area contributed by atoms with Crippen LogP contribution in [0.25, 0.3) is 0 Å². The molecule has 2 heterocycles. The van der Waals surface area contributed by atoms with Gasteiger partial charge < -0.3 is 4.90 Å². The first kappa shape index (κ1) is 13.3. The Morgan fingerprint density at radius 3 is 2.42 bits per heavy atom. The molecule has 0 amide bonds. The summed E-state index contributed by atoms with van der Waals surface area (Å²) in [5.41, 5.74) is -0.0581. The van der Waals surface area contributed by atoms with Crippen molar-refractivity contribution in [1.29, 1.82) is 0 Å². The molecule has 0 N–H and O–H groups in total. The van der Waals surface area contributed by atoms with Gasteiger partial charge in [-0.25, -0.2) is 4.98 Å². The van der Waals surface area contributed by atoms with E-state index in [0.717, 1.165) is 6.07 Å². The Morgan fingerprint density at radius 2 is 1.79 bits per heavy atom. The fraction of sp³-hybridized carbons (Fsp3) is 0.231. The zero-order valence-electron chi connectivity index (χ0n) is 10.2. The second-order valence-electron chi connectivity index (χ2n) is 4.05. The highest BCUT2D eigenvalue weighted by Crippen LogP contribution is 2.34. The summed E-state index contributed by atoms with van der Waals surface area (Å²) < 4.78 is 38.6. The summed E-state index contributed by atoms with van der Waals surface area (Å²) in [6, 6.07) is 7.61. The summed E-state index contributed by atoms with van der Waals surface area (Å²) >= 11 is 0. The third-order valence-corrected chi connectivity index (χ3v) is 2.58. The fourth-order valence-corrected chi connectivity index (χ4v) is 1.73. The Morgan fingerprint density at radius 1 is 1.05 bits per heavy atom. The van der Waals surface area contributed by atoms with Gasteiger partial charge in [-0.05, 0) is 24.3 Å². The standard InChI is InChI=1S/C13H12F3N3/c1-19(9-10-5-2-3-7-17-10)12-11(13(14,15)16)6-4-8-18-12/h2-8H,9H2,1H3. The monoisotopic (exact) mass is 267 g/mol. The van der Waals surface area contributed by atoms with E-state index >= 15 is 0 Å². The highest BCUT2D eigenvalue weighted by Gasteiger charge is 2.35. The van der Waals surface area contributed by atoms with Crippen molar-refractivity contribution in [2.75, 3.05) is 11.9 Å². The number of rotatable bonds is 3. The molecule has 0 spiro atoms. The molecule has 2 aromatic heterocycles. The maximum absolute atomic E-state index is 12.9. The summed E-state index contributed by atoms with van der Waals surface area (Å²) in [4.78, 5) is 9.34. The normalized spacial score (nSPS) is 11.4. The largest absolute Gasteiger partial charge is 0.419 e. The molecule has 0 radical (unpaired) electrons. The second-order valence-corrected chi connectivity index (χ2v) is 4.05. The Balaban J connectivity index is 2.27. The van der Waals surface area contributed by atoms with Crippen LogP contribution < -0.4 is 4.90 Å². The number of hydrogen-bond acceptors (Lipinski definition) is 3. The van der Waals surface area contributed by atoms with Crippen molar-refractivity contribution < 1.29 is 13.2 Å². The lowest BCUT2D eigenvalue weighted by molar-refractivity contribution is -0.137. The van der Waals surface area contributed by atoms with Crippen LogP contribution in [0.3, 0.4) is 0 Å². The molecule has 0 atom stereocenters. The van der Waals surface area contributed by atoms with Crippen molar-refractivity contribution in [3.05, 3.63) is 54.0 Å². The van der Waals surface area contributed by atoms with Gasteiger partial charge in [-0.15, -0.1) is 0 Å². The van der Waals surface area contributed by atoms with Crippen LogP contribution in [0.15, 0.2) is 42.7 Å². The van der Waals surface area contributed by atoms with Crippen LogP contribution in [0.5, 0.6) is 0 Å². The van der Waals surface area contributed by atoms with Crippen molar-refractivity contribution in [1.82, 2.24) is 9.97 Å². The lowest BCUT2D eigenvalue weighted by Crippen LogP contribution is -2.22. The molecule has 100 valence electrons. The maximum atomic E-state index is 12.9. The number of aromatic nitrogens is 2. The van der Waals surface area contributed by atoms with E-state index in [2.05, 4.69) is 9.97 Å². The van der Waals surface area contributed by atoms with Crippen LogP contribution in [0, 0.1) is 0 Å². The number of anilines is 1. The number of pyridine rings is 2. The summed E-state index contributed by atoms with van der Waals surface area (Å²) in [6.07, 6.45) is -1.46. The van der Waals surface area contributed by atoms with E-state index in [1.54, 1.807) is 31.4 Å². The van der Waals surface area contributed by atoms with Crippen molar-refractivity contribution in [2.45, 2.75) is 12.7 Å². The van der Waals surface area contributed by atoms with Gasteiger partial charge in [0.2, 0.25) is 0 Å². The molecular weight excluding hydrogens is 255 g/mol. The van der Waals surface area contributed by atoms with Gasteiger partial charge in [0.15, 0.2) is 0 Å². The predicted octanol–water partition coefficient (Wildman–Crippen LogP) is 3.13. The van der Waals surface area contributed by atoms with Gasteiger partial charge in [-0.1, -0.05) is 6.07 Å². The van der Waals surface area contributed by atoms with Gasteiger partial charge in [-0.3, -0.25) is 4.98 Å². The van der Waals surface area contributed by atoms with E-state index in [1.165, 1.54) is 17.2 Å². The third kappa shape index (κ3) is 3.21. The van der Waals surface area contributed by atoms with Crippen molar-refractivity contribution in [3.63, 3.8) is 0 Å². The molecular formula is C13H12F3N3. The van der Waals surface area contributed by atoms with E-state index in [9.17, 15) is 13.2 Å². The third-order valence-electron chi connectivity index (χ3n) is 2.58. The first-order valence-corrected chi connectivity index (χ1v) is 5.62. The Labute approximate surface area is 108 Å². The maximum Gasteiger partial charge on any atom is 0.419 e. The van der Waals surface area contributed by atoms with Crippen LogP contribution >= 0.6 is 0 Å². The van der Waals surface area contributed by atoms with E-state index in [4.69, 9.17) is 0 Å². The SMILES string of the molecule is CN(Cc1ccccn1)c1ncccc1C(F)(F)F. The molecule has 0 saturated carbocycles. The van der Waals surface area contributed by atoms with E-state index in [0.29, 0.717) is 5.69 Å². The number of nitrogens with zero attached hydrogens (tertiary/aromatic N) is 3. The van der Waals surface area contributed by atoms with Gasteiger partial charge in [0.25, 0.3) is 0 Å². The molecule has 3 nitrogen and oxygen atoms in total. The van der Waals surface area contributed by atoms with Gasteiger partial charge in [0.1, 0.15) is 5.82 Å². The van der Waals surface area contributed by atoms with Crippen LogP contribution in [-0.2, 0) is 12.7 Å². The molecule has 0 bridgehead atoms. The van der Waals surface area contributed by atoms with Crippen LogP contribution in [0.2, 0.25) is 0 Å². The molecule has 0 aromatic carbocycles.